The third kappa shape index (κ3) is 3.11. The van der Waals surface area contributed by atoms with Crippen LogP contribution in [0.1, 0.15) is 70.9 Å². The van der Waals surface area contributed by atoms with Gasteiger partial charge in [-0.25, -0.2) is 4.79 Å². The summed E-state index contributed by atoms with van der Waals surface area (Å²) in [7, 11) is 0.981. The van der Waals surface area contributed by atoms with Gasteiger partial charge in [-0.05, 0) is 47.9 Å². The van der Waals surface area contributed by atoms with Crippen molar-refractivity contribution >= 4 is 23.3 Å². The van der Waals surface area contributed by atoms with Crippen LogP contribution in [0.4, 0.5) is 0 Å². The molecule has 4 atom stereocenters. The normalized spacial score (nSPS) is 23.5. The van der Waals surface area contributed by atoms with Gasteiger partial charge >= 0.3 is 5.97 Å². The van der Waals surface area contributed by atoms with E-state index < -0.39 is 92.1 Å². The van der Waals surface area contributed by atoms with Crippen molar-refractivity contribution in [2.24, 2.45) is 5.92 Å². The molecule has 2 bridgehead atoms. The Hall–Kier alpha value is -5.16. The Morgan fingerprint density at radius 3 is 2.20 bits per heavy atom. The topological polar surface area (TPSA) is 199 Å². The summed E-state index contributed by atoms with van der Waals surface area (Å²) in [5.41, 5.74) is -3.80. The maximum atomic E-state index is 13.7. The lowest BCUT2D eigenvalue weighted by Crippen LogP contribution is -2.57. The van der Waals surface area contributed by atoms with Gasteiger partial charge < -0.3 is 35.4 Å². The highest BCUT2D eigenvalue weighted by atomic mass is 16.5. The second-order valence-corrected chi connectivity index (χ2v) is 10.4. The van der Waals surface area contributed by atoms with Gasteiger partial charge in [0.1, 0.15) is 39.9 Å². The van der Waals surface area contributed by atoms with Crippen LogP contribution in [0.2, 0.25) is 0 Å². The molecule has 3 aromatic carbocycles. The summed E-state index contributed by atoms with van der Waals surface area (Å²) >= 11 is 0. The van der Waals surface area contributed by atoms with E-state index in [2.05, 4.69) is 4.74 Å². The van der Waals surface area contributed by atoms with Gasteiger partial charge in [0.25, 0.3) is 0 Å². The average Bonchev–Trinajstić information content (AvgIpc) is 2.92. The summed E-state index contributed by atoms with van der Waals surface area (Å²) in [5.74, 6) is -10.2. The third-order valence-electron chi connectivity index (χ3n) is 8.28. The fourth-order valence-electron chi connectivity index (χ4n) is 6.58. The van der Waals surface area contributed by atoms with Gasteiger partial charge in [-0.1, -0.05) is 18.2 Å². The van der Waals surface area contributed by atoms with Crippen LogP contribution in [0, 0.1) is 12.8 Å². The van der Waals surface area contributed by atoms with E-state index in [0.717, 1.165) is 25.3 Å². The van der Waals surface area contributed by atoms with E-state index in [1.54, 1.807) is 6.92 Å². The number of carbonyl (C=O) groups is 4. The van der Waals surface area contributed by atoms with E-state index in [-0.39, 0.29) is 22.3 Å². The highest BCUT2D eigenvalue weighted by Gasteiger charge is 2.64. The summed E-state index contributed by atoms with van der Waals surface area (Å²) in [6.07, 6.45) is 1.27. The maximum Gasteiger partial charge on any atom is 0.342 e. The number of phenols is 5. The van der Waals surface area contributed by atoms with E-state index >= 15 is 0 Å². The van der Waals surface area contributed by atoms with Crippen molar-refractivity contribution in [2.75, 3.05) is 7.11 Å². The molecule has 4 aliphatic rings. The van der Waals surface area contributed by atoms with Crippen molar-refractivity contribution < 1.29 is 54.6 Å². The van der Waals surface area contributed by atoms with E-state index in [0.29, 0.717) is 5.56 Å². The number of esters is 1. The zero-order valence-corrected chi connectivity index (χ0v) is 21.5. The molecule has 41 heavy (non-hydrogen) atoms. The molecule has 6 N–H and O–H groups in total. The number of rotatable bonds is 3. The SMILES string of the molecule is COC(=O)c1c(O)ccc(O)c1C(=O)c1c(O)cc2c(c1O)[C@@H]1C=C[C@@]23C(C(=O)c2c(O)cc(C)cc2[C@@H]3O)C1=O. The fourth-order valence-corrected chi connectivity index (χ4v) is 6.58. The molecule has 11 heteroatoms. The predicted octanol–water partition coefficient (Wildman–Crippen LogP) is 2.56. The molecule has 0 heterocycles. The van der Waals surface area contributed by atoms with Gasteiger partial charge in [0.2, 0.25) is 5.78 Å². The van der Waals surface area contributed by atoms with E-state index in [4.69, 9.17) is 0 Å². The minimum Gasteiger partial charge on any atom is -0.507 e. The molecule has 4 aliphatic carbocycles. The molecule has 1 unspecified atom stereocenters. The number of aryl methyl sites for hydroxylation is 1. The Balaban J connectivity index is 1.62. The van der Waals surface area contributed by atoms with Crippen molar-refractivity contribution in [3.8, 4) is 28.7 Å². The largest absolute Gasteiger partial charge is 0.507 e. The molecule has 0 aliphatic heterocycles. The van der Waals surface area contributed by atoms with Gasteiger partial charge in [-0.15, -0.1) is 0 Å². The Bertz CT molecular complexity index is 1800. The lowest BCUT2D eigenvalue weighted by atomic mass is 9.48. The standard InChI is InChI=1S/C30H22O11/c1-10-7-12-19(16(33)8-10)27(38)23-24(35)11-5-6-30(23,28(12)39)13-9-17(34)22(25(36)18(11)13)26(37)20-14(31)3-4-15(32)21(20)29(40)41-2/h3-9,11,23,28,31-34,36,39H,1-2H3/t11-,23?,28-,30-/m0/s1. The molecule has 11 nitrogen and oxygen atoms in total. The number of benzene rings is 3. The van der Waals surface area contributed by atoms with Crippen molar-refractivity contribution in [3.05, 3.63) is 87.0 Å². The van der Waals surface area contributed by atoms with E-state index in [9.17, 15) is 49.8 Å². The summed E-state index contributed by atoms with van der Waals surface area (Å²) in [5, 5.41) is 65.4. The molecular weight excluding hydrogens is 536 g/mol. The average molecular weight is 558 g/mol. The molecule has 0 saturated heterocycles. The lowest BCUT2D eigenvalue weighted by molar-refractivity contribution is -0.127. The number of carbonyl (C=O) groups excluding carboxylic acids is 4. The first kappa shape index (κ1) is 26.1. The predicted molar refractivity (Wildman–Crippen MR) is 139 cm³/mol. The monoisotopic (exact) mass is 558 g/mol. The van der Waals surface area contributed by atoms with Crippen LogP contribution in [0.5, 0.6) is 28.7 Å². The van der Waals surface area contributed by atoms with Crippen LogP contribution in [-0.4, -0.2) is 61.1 Å². The number of ketones is 3. The summed E-state index contributed by atoms with van der Waals surface area (Å²) < 4.78 is 4.61. The molecule has 0 saturated carbocycles. The number of ether oxygens (including phenoxy) is 1. The molecule has 0 fully saturated rings. The summed E-state index contributed by atoms with van der Waals surface area (Å²) in [6, 6.07) is 5.76. The van der Waals surface area contributed by atoms with Crippen LogP contribution < -0.4 is 0 Å². The number of aromatic hydroxyl groups is 5. The lowest BCUT2D eigenvalue weighted by Gasteiger charge is -2.52. The number of Topliss-reactive ketones (excluding diaryl/α,β-unsaturated/α-hetero) is 2. The number of allylic oxidation sites excluding steroid dienone is 1. The highest BCUT2D eigenvalue weighted by Crippen LogP contribution is 2.63. The first-order valence-electron chi connectivity index (χ1n) is 12.4. The highest BCUT2D eigenvalue weighted by molar-refractivity contribution is 6.22. The van der Waals surface area contributed by atoms with Crippen LogP contribution >= 0.6 is 0 Å². The zero-order chi connectivity index (χ0) is 29.7. The molecule has 7 rings (SSSR count). The number of aliphatic hydroxyl groups is 1. The maximum absolute atomic E-state index is 13.7. The second-order valence-electron chi connectivity index (χ2n) is 10.4. The Morgan fingerprint density at radius 1 is 0.878 bits per heavy atom. The number of methoxy groups -OCH3 is 1. The summed E-state index contributed by atoms with van der Waals surface area (Å²) in [4.78, 5) is 53.4. The number of aliphatic hydroxyl groups excluding tert-OH is 1. The van der Waals surface area contributed by atoms with Gasteiger partial charge in [-0.2, -0.15) is 0 Å². The van der Waals surface area contributed by atoms with Crippen molar-refractivity contribution in [3.63, 3.8) is 0 Å². The molecule has 208 valence electrons. The number of phenolic OH excluding ortho intramolecular Hbond substituents is 5. The molecule has 0 amide bonds. The number of fused-ring (bicyclic) bond motifs is 1. The van der Waals surface area contributed by atoms with Crippen LogP contribution in [-0.2, 0) is 14.9 Å². The third-order valence-corrected chi connectivity index (χ3v) is 8.28. The molecule has 3 aromatic rings. The molecule has 0 aromatic heterocycles. The zero-order valence-electron chi connectivity index (χ0n) is 21.5. The number of hydrogen-bond acceptors (Lipinski definition) is 11. The van der Waals surface area contributed by atoms with Crippen molar-refractivity contribution in [1.29, 1.82) is 0 Å². The minimum absolute atomic E-state index is 0.0157. The van der Waals surface area contributed by atoms with Crippen LogP contribution in [0.15, 0.2) is 42.5 Å². The van der Waals surface area contributed by atoms with Gasteiger partial charge in [0.15, 0.2) is 11.6 Å². The van der Waals surface area contributed by atoms with E-state index in [1.807, 2.05) is 0 Å². The minimum atomic E-state index is -1.79. The molecule has 1 spiro atoms. The van der Waals surface area contributed by atoms with Crippen molar-refractivity contribution in [2.45, 2.75) is 24.4 Å². The first-order chi connectivity index (χ1) is 19.4. The van der Waals surface area contributed by atoms with Gasteiger partial charge in [0, 0.05) is 5.56 Å². The Morgan fingerprint density at radius 2 is 1.54 bits per heavy atom. The Labute approximate surface area is 231 Å². The fraction of sp³-hybridized carbons (Fsp3) is 0.200. The Kier molecular flexibility index (Phi) is 5.36. The molecule has 0 radical (unpaired) electrons. The van der Waals surface area contributed by atoms with Crippen LogP contribution in [0.3, 0.4) is 0 Å². The van der Waals surface area contributed by atoms with Crippen LogP contribution in [0.25, 0.3) is 0 Å². The summed E-state index contributed by atoms with van der Waals surface area (Å²) in [6.45, 7) is 1.64. The van der Waals surface area contributed by atoms with E-state index in [1.165, 1.54) is 24.3 Å². The smallest absolute Gasteiger partial charge is 0.342 e. The molecular formula is C30H22O11. The second kappa shape index (κ2) is 8.42. The quantitative estimate of drug-likeness (QED) is 0.0908. The van der Waals surface area contributed by atoms with Gasteiger partial charge in [0.05, 0.1) is 41.6 Å². The van der Waals surface area contributed by atoms with Crippen molar-refractivity contribution in [1.82, 2.24) is 0 Å². The van der Waals surface area contributed by atoms with Gasteiger partial charge in [-0.3, -0.25) is 14.4 Å². The number of hydrogen-bond donors (Lipinski definition) is 6. The first-order valence-corrected chi connectivity index (χ1v) is 12.4.